The van der Waals surface area contributed by atoms with Gasteiger partial charge in [-0.15, -0.1) is 0 Å². The van der Waals surface area contributed by atoms with Crippen LogP contribution in [0.4, 0.5) is 0 Å². The minimum Gasteiger partial charge on any atom is -0.466 e. The molecular formula is C21H42O4. The summed E-state index contributed by atoms with van der Waals surface area (Å²) in [6.07, 6.45) is 14.4. The van der Waals surface area contributed by atoms with Crippen molar-refractivity contribution in [1.82, 2.24) is 0 Å². The third kappa shape index (κ3) is 21.3. The molecule has 0 aliphatic rings. The van der Waals surface area contributed by atoms with E-state index in [-0.39, 0.29) is 12.1 Å². The summed E-state index contributed by atoms with van der Waals surface area (Å²) in [4.78, 5) is 11.6. The first-order valence-electron chi connectivity index (χ1n) is 10.5. The van der Waals surface area contributed by atoms with Crippen molar-refractivity contribution in [3.63, 3.8) is 0 Å². The van der Waals surface area contributed by atoms with Gasteiger partial charge in [0.2, 0.25) is 0 Å². The first-order chi connectivity index (χ1) is 12.2. The highest BCUT2D eigenvalue weighted by Gasteiger charge is 2.02. The number of carbonyl (C=O) groups is 1. The van der Waals surface area contributed by atoms with Crippen molar-refractivity contribution in [3.8, 4) is 0 Å². The molecule has 0 radical (unpaired) electrons. The van der Waals surface area contributed by atoms with Gasteiger partial charge in [0, 0.05) is 13.0 Å². The van der Waals surface area contributed by atoms with Gasteiger partial charge < -0.3 is 14.2 Å². The first kappa shape index (κ1) is 24.4. The third-order valence-corrected chi connectivity index (χ3v) is 4.11. The molecule has 0 heterocycles. The molecule has 0 atom stereocenters. The lowest BCUT2D eigenvalue weighted by molar-refractivity contribution is -0.144. The van der Waals surface area contributed by atoms with Gasteiger partial charge in [-0.2, -0.15) is 0 Å². The number of hydrogen-bond donors (Lipinski definition) is 0. The Morgan fingerprint density at radius 1 is 0.720 bits per heavy atom. The highest BCUT2D eigenvalue weighted by molar-refractivity contribution is 5.69. The van der Waals surface area contributed by atoms with Crippen LogP contribution in [0.15, 0.2) is 0 Å². The molecule has 0 saturated carbocycles. The Bertz CT molecular complexity index is 279. The number of unbranched alkanes of at least 4 members (excludes halogenated alkanes) is 9. The van der Waals surface area contributed by atoms with Crippen LogP contribution in [0.5, 0.6) is 0 Å². The molecule has 0 unspecified atom stereocenters. The van der Waals surface area contributed by atoms with Crippen LogP contribution in [-0.2, 0) is 19.0 Å². The Morgan fingerprint density at radius 3 is 1.92 bits per heavy atom. The normalized spacial score (nSPS) is 11.2. The molecule has 0 aromatic rings. The van der Waals surface area contributed by atoms with Crippen LogP contribution in [0.3, 0.4) is 0 Å². The van der Waals surface area contributed by atoms with E-state index >= 15 is 0 Å². The molecule has 4 nitrogen and oxygen atoms in total. The Kier molecular flexibility index (Phi) is 19.2. The highest BCUT2D eigenvalue weighted by atomic mass is 16.5. The second-order valence-corrected chi connectivity index (χ2v) is 7.04. The van der Waals surface area contributed by atoms with Gasteiger partial charge in [0.05, 0.1) is 25.9 Å². The lowest BCUT2D eigenvalue weighted by Crippen LogP contribution is -2.11. The SMILES string of the molecule is CCCCCCCCCCCCOC(=O)CCCOCCOC(C)C. The standard InChI is InChI=1S/C21H42O4/c1-4-5-6-7-8-9-10-11-12-13-17-25-21(22)15-14-16-23-18-19-24-20(2)3/h20H,4-19H2,1-3H3. The van der Waals surface area contributed by atoms with Crippen molar-refractivity contribution in [2.24, 2.45) is 0 Å². The minimum absolute atomic E-state index is 0.0991. The van der Waals surface area contributed by atoms with E-state index in [0.717, 1.165) is 12.8 Å². The van der Waals surface area contributed by atoms with Crippen molar-refractivity contribution in [1.29, 1.82) is 0 Å². The Labute approximate surface area is 156 Å². The van der Waals surface area contributed by atoms with E-state index in [1.807, 2.05) is 13.8 Å². The van der Waals surface area contributed by atoms with Gasteiger partial charge in [-0.25, -0.2) is 0 Å². The molecule has 0 aliphatic heterocycles. The maximum absolute atomic E-state index is 11.6. The van der Waals surface area contributed by atoms with E-state index in [1.54, 1.807) is 0 Å². The first-order valence-corrected chi connectivity index (χ1v) is 10.5. The van der Waals surface area contributed by atoms with Gasteiger partial charge in [-0.05, 0) is 26.7 Å². The van der Waals surface area contributed by atoms with Crippen molar-refractivity contribution in [2.75, 3.05) is 26.4 Å². The molecule has 0 N–H and O–H groups in total. The number of rotatable bonds is 19. The molecule has 0 bridgehead atoms. The summed E-state index contributed by atoms with van der Waals surface area (Å²) in [7, 11) is 0. The van der Waals surface area contributed by atoms with Gasteiger partial charge in [-0.3, -0.25) is 4.79 Å². The summed E-state index contributed by atoms with van der Waals surface area (Å²) >= 11 is 0. The van der Waals surface area contributed by atoms with Gasteiger partial charge >= 0.3 is 5.97 Å². The number of ether oxygens (including phenoxy) is 3. The molecule has 150 valence electrons. The summed E-state index contributed by atoms with van der Waals surface area (Å²) < 4.78 is 16.0. The molecule has 0 spiro atoms. The molecule has 0 fully saturated rings. The second kappa shape index (κ2) is 19.7. The number of esters is 1. The van der Waals surface area contributed by atoms with Gasteiger partial charge in [0.25, 0.3) is 0 Å². The minimum atomic E-state index is -0.0991. The largest absolute Gasteiger partial charge is 0.466 e. The van der Waals surface area contributed by atoms with Crippen LogP contribution in [0.2, 0.25) is 0 Å². The Hall–Kier alpha value is -0.610. The topological polar surface area (TPSA) is 44.8 Å². The van der Waals surface area contributed by atoms with E-state index in [9.17, 15) is 4.79 Å². The molecule has 0 aromatic carbocycles. The van der Waals surface area contributed by atoms with E-state index in [4.69, 9.17) is 14.2 Å². The van der Waals surface area contributed by atoms with Gasteiger partial charge in [-0.1, -0.05) is 64.7 Å². The van der Waals surface area contributed by atoms with Crippen LogP contribution < -0.4 is 0 Å². The summed E-state index contributed by atoms with van der Waals surface area (Å²) in [6.45, 7) is 8.63. The smallest absolute Gasteiger partial charge is 0.305 e. The summed E-state index contributed by atoms with van der Waals surface area (Å²) in [6, 6.07) is 0. The molecule has 0 aliphatic carbocycles. The lowest BCUT2D eigenvalue weighted by Gasteiger charge is -2.08. The fraction of sp³-hybridized carbons (Fsp3) is 0.952. The predicted molar refractivity (Wildman–Crippen MR) is 104 cm³/mol. The van der Waals surface area contributed by atoms with Crippen LogP contribution in [-0.4, -0.2) is 38.5 Å². The van der Waals surface area contributed by atoms with E-state index in [0.29, 0.717) is 32.8 Å². The molecular weight excluding hydrogens is 316 g/mol. The molecule has 0 saturated heterocycles. The van der Waals surface area contributed by atoms with Crippen LogP contribution in [0, 0.1) is 0 Å². The van der Waals surface area contributed by atoms with Crippen LogP contribution in [0.1, 0.15) is 97.8 Å². The Balaban J connectivity index is 3.15. The van der Waals surface area contributed by atoms with E-state index in [1.165, 1.54) is 57.8 Å². The van der Waals surface area contributed by atoms with Gasteiger partial charge in [0.1, 0.15) is 0 Å². The highest BCUT2D eigenvalue weighted by Crippen LogP contribution is 2.10. The number of hydrogen-bond acceptors (Lipinski definition) is 4. The third-order valence-electron chi connectivity index (χ3n) is 4.11. The molecule has 0 rings (SSSR count). The van der Waals surface area contributed by atoms with Crippen molar-refractivity contribution < 1.29 is 19.0 Å². The van der Waals surface area contributed by atoms with Crippen LogP contribution in [0.25, 0.3) is 0 Å². The molecule has 0 amide bonds. The Morgan fingerprint density at radius 2 is 1.32 bits per heavy atom. The monoisotopic (exact) mass is 358 g/mol. The van der Waals surface area contributed by atoms with E-state index < -0.39 is 0 Å². The zero-order valence-electron chi connectivity index (χ0n) is 17.0. The van der Waals surface area contributed by atoms with Gasteiger partial charge in [0.15, 0.2) is 0 Å². The van der Waals surface area contributed by atoms with E-state index in [2.05, 4.69) is 6.92 Å². The summed E-state index contributed by atoms with van der Waals surface area (Å²) in [5.41, 5.74) is 0. The predicted octanol–water partition coefficient (Wildman–Crippen LogP) is 5.67. The fourth-order valence-electron chi connectivity index (χ4n) is 2.61. The van der Waals surface area contributed by atoms with Crippen molar-refractivity contribution in [3.05, 3.63) is 0 Å². The summed E-state index contributed by atoms with van der Waals surface area (Å²) in [5.74, 6) is -0.0991. The fourth-order valence-corrected chi connectivity index (χ4v) is 2.61. The average Bonchev–Trinajstić information content (AvgIpc) is 2.58. The number of carbonyl (C=O) groups excluding carboxylic acids is 1. The average molecular weight is 359 g/mol. The lowest BCUT2D eigenvalue weighted by atomic mass is 10.1. The maximum atomic E-state index is 11.6. The maximum Gasteiger partial charge on any atom is 0.305 e. The summed E-state index contributed by atoms with van der Waals surface area (Å²) in [5, 5.41) is 0. The zero-order chi connectivity index (χ0) is 18.6. The molecule has 4 heteroatoms. The second-order valence-electron chi connectivity index (χ2n) is 7.04. The quantitative estimate of drug-likeness (QED) is 0.220. The zero-order valence-corrected chi connectivity index (χ0v) is 17.0. The molecule has 0 aromatic heterocycles. The van der Waals surface area contributed by atoms with Crippen molar-refractivity contribution >= 4 is 5.97 Å². The molecule has 25 heavy (non-hydrogen) atoms. The van der Waals surface area contributed by atoms with Crippen molar-refractivity contribution in [2.45, 2.75) is 104 Å². The van der Waals surface area contributed by atoms with Crippen LogP contribution >= 0.6 is 0 Å².